The molecule has 80 valence electrons. The van der Waals surface area contributed by atoms with Crippen molar-refractivity contribution in [1.82, 2.24) is 4.98 Å². The minimum atomic E-state index is -3.03. The molecule has 1 unspecified atom stereocenters. The van der Waals surface area contributed by atoms with Crippen LogP contribution in [0.5, 0.6) is 0 Å². The van der Waals surface area contributed by atoms with Gasteiger partial charge in [-0.05, 0) is 13.3 Å². The van der Waals surface area contributed by atoms with Gasteiger partial charge in [-0.15, -0.1) is 11.3 Å². The second-order valence-corrected chi connectivity index (χ2v) is 6.45. The summed E-state index contributed by atoms with van der Waals surface area (Å²) < 4.78 is 23.0. The van der Waals surface area contributed by atoms with Crippen molar-refractivity contribution in [2.24, 2.45) is 5.73 Å². The molecule has 0 aliphatic heterocycles. The highest BCUT2D eigenvalue weighted by atomic mass is 32.2. The van der Waals surface area contributed by atoms with Gasteiger partial charge < -0.3 is 5.73 Å². The summed E-state index contributed by atoms with van der Waals surface area (Å²) in [7, 11) is -3.03. The van der Waals surface area contributed by atoms with Crippen LogP contribution in [0.3, 0.4) is 0 Å². The summed E-state index contributed by atoms with van der Waals surface area (Å²) in [5.74, 6) is 0.182. The molecule has 0 fully saturated rings. The largest absolute Gasteiger partial charge is 0.328 e. The van der Waals surface area contributed by atoms with Gasteiger partial charge in [0.05, 0.1) is 5.75 Å². The van der Waals surface area contributed by atoms with Crippen molar-refractivity contribution in [2.45, 2.75) is 25.1 Å². The maximum absolute atomic E-state index is 11.5. The lowest BCUT2D eigenvalue weighted by Gasteiger charge is -2.04. The van der Waals surface area contributed by atoms with Gasteiger partial charge in [-0.2, -0.15) is 0 Å². The molecule has 0 radical (unpaired) electrons. The van der Waals surface area contributed by atoms with Crippen LogP contribution in [0.25, 0.3) is 0 Å². The lowest BCUT2D eigenvalue weighted by Crippen LogP contribution is -2.20. The number of sulfone groups is 1. The first-order chi connectivity index (χ1) is 6.49. The van der Waals surface area contributed by atoms with Crippen molar-refractivity contribution < 1.29 is 8.42 Å². The molecule has 0 saturated heterocycles. The van der Waals surface area contributed by atoms with E-state index in [0.29, 0.717) is 11.4 Å². The standard InChI is InChI=1S/C8H14N2O2S2/c1-7(9)2-5-14(11,12)6-8-10-3-4-13-8/h3-4,7H,2,5-6,9H2,1H3. The first-order valence-corrected chi connectivity index (χ1v) is 7.04. The van der Waals surface area contributed by atoms with Gasteiger partial charge >= 0.3 is 0 Å². The molecule has 14 heavy (non-hydrogen) atoms. The number of hydrogen-bond donors (Lipinski definition) is 1. The molecule has 0 spiro atoms. The van der Waals surface area contributed by atoms with Crippen LogP contribution in [-0.4, -0.2) is 25.2 Å². The van der Waals surface area contributed by atoms with Gasteiger partial charge in [-0.1, -0.05) is 0 Å². The molecule has 1 rings (SSSR count). The van der Waals surface area contributed by atoms with E-state index in [2.05, 4.69) is 4.98 Å². The first-order valence-electron chi connectivity index (χ1n) is 4.34. The van der Waals surface area contributed by atoms with Gasteiger partial charge in [0.15, 0.2) is 9.84 Å². The Morgan fingerprint density at radius 3 is 2.86 bits per heavy atom. The van der Waals surface area contributed by atoms with Gasteiger partial charge in [-0.25, -0.2) is 13.4 Å². The van der Waals surface area contributed by atoms with Crippen molar-refractivity contribution in [3.05, 3.63) is 16.6 Å². The Labute approximate surface area is 88.1 Å². The van der Waals surface area contributed by atoms with E-state index in [-0.39, 0.29) is 17.5 Å². The second kappa shape index (κ2) is 4.86. The highest BCUT2D eigenvalue weighted by molar-refractivity contribution is 7.90. The molecule has 2 N–H and O–H groups in total. The SMILES string of the molecule is CC(N)CCS(=O)(=O)Cc1nccs1. The van der Waals surface area contributed by atoms with E-state index in [0.717, 1.165) is 0 Å². The van der Waals surface area contributed by atoms with E-state index in [1.54, 1.807) is 18.5 Å². The zero-order chi connectivity index (χ0) is 10.6. The van der Waals surface area contributed by atoms with Crippen LogP contribution in [0.2, 0.25) is 0 Å². The number of nitrogens with zero attached hydrogens (tertiary/aromatic N) is 1. The number of aromatic nitrogens is 1. The molecule has 6 heteroatoms. The average Bonchev–Trinajstić information content (AvgIpc) is 2.53. The third-order valence-electron chi connectivity index (χ3n) is 1.71. The van der Waals surface area contributed by atoms with Gasteiger partial charge in [0.25, 0.3) is 0 Å². The Hall–Kier alpha value is -0.460. The Bertz CT molecular complexity index is 357. The summed E-state index contributed by atoms with van der Waals surface area (Å²) in [6.45, 7) is 1.80. The quantitative estimate of drug-likeness (QED) is 0.817. The smallest absolute Gasteiger partial charge is 0.156 e. The van der Waals surface area contributed by atoms with E-state index >= 15 is 0 Å². The van der Waals surface area contributed by atoms with Gasteiger partial charge in [-0.3, -0.25) is 0 Å². The Morgan fingerprint density at radius 2 is 2.36 bits per heavy atom. The maximum Gasteiger partial charge on any atom is 0.156 e. The number of rotatable bonds is 5. The van der Waals surface area contributed by atoms with E-state index in [1.807, 2.05) is 0 Å². The van der Waals surface area contributed by atoms with Gasteiger partial charge in [0, 0.05) is 17.6 Å². The molecular weight excluding hydrogens is 220 g/mol. The molecule has 1 aromatic rings. The third kappa shape index (κ3) is 4.17. The summed E-state index contributed by atoms with van der Waals surface area (Å²) in [6, 6.07) is -0.0685. The van der Waals surface area contributed by atoms with E-state index in [4.69, 9.17) is 5.73 Å². The third-order valence-corrected chi connectivity index (χ3v) is 4.24. The highest BCUT2D eigenvalue weighted by Gasteiger charge is 2.14. The van der Waals surface area contributed by atoms with Crippen LogP contribution >= 0.6 is 11.3 Å². The maximum atomic E-state index is 11.5. The normalized spacial score (nSPS) is 14.1. The van der Waals surface area contributed by atoms with Gasteiger partial charge in [0.2, 0.25) is 0 Å². The zero-order valence-corrected chi connectivity index (χ0v) is 9.64. The molecule has 4 nitrogen and oxygen atoms in total. The van der Waals surface area contributed by atoms with Crippen molar-refractivity contribution in [2.75, 3.05) is 5.75 Å². The molecule has 1 atom stereocenters. The molecule has 0 amide bonds. The Morgan fingerprint density at radius 1 is 1.64 bits per heavy atom. The predicted octanol–water partition coefficient (Wildman–Crippen LogP) is 0.795. The predicted molar refractivity (Wildman–Crippen MR) is 57.9 cm³/mol. The van der Waals surface area contributed by atoms with Crippen LogP contribution < -0.4 is 5.73 Å². The Kier molecular flexibility index (Phi) is 4.03. The van der Waals surface area contributed by atoms with Crippen LogP contribution in [0.4, 0.5) is 0 Å². The summed E-state index contributed by atoms with van der Waals surface area (Å²) in [6.07, 6.45) is 2.12. The average molecular weight is 234 g/mol. The summed E-state index contributed by atoms with van der Waals surface area (Å²) >= 11 is 1.36. The van der Waals surface area contributed by atoms with Crippen molar-refractivity contribution >= 4 is 21.2 Å². The van der Waals surface area contributed by atoms with Crippen LogP contribution in [0, 0.1) is 0 Å². The minimum Gasteiger partial charge on any atom is -0.328 e. The molecule has 1 aromatic heterocycles. The monoisotopic (exact) mass is 234 g/mol. The van der Waals surface area contributed by atoms with Crippen molar-refractivity contribution in [3.63, 3.8) is 0 Å². The first kappa shape index (κ1) is 11.6. The lowest BCUT2D eigenvalue weighted by molar-refractivity contribution is 0.586. The fourth-order valence-corrected chi connectivity index (χ4v) is 3.49. The summed E-state index contributed by atoms with van der Waals surface area (Å²) in [4.78, 5) is 3.94. The molecule has 0 bridgehead atoms. The Balaban J connectivity index is 2.51. The molecule has 0 aliphatic carbocycles. The minimum absolute atomic E-state index is 0.0391. The number of nitrogens with two attached hydrogens (primary N) is 1. The molecule has 0 aliphatic rings. The molecule has 0 aromatic carbocycles. The lowest BCUT2D eigenvalue weighted by atomic mass is 10.3. The van der Waals surface area contributed by atoms with Crippen LogP contribution in [0.1, 0.15) is 18.4 Å². The summed E-state index contributed by atoms with van der Waals surface area (Å²) in [5, 5.41) is 2.42. The van der Waals surface area contributed by atoms with E-state index < -0.39 is 9.84 Å². The summed E-state index contributed by atoms with van der Waals surface area (Å²) in [5.41, 5.74) is 5.50. The van der Waals surface area contributed by atoms with Crippen LogP contribution in [0.15, 0.2) is 11.6 Å². The molecular formula is C8H14N2O2S2. The highest BCUT2D eigenvalue weighted by Crippen LogP contribution is 2.10. The fraction of sp³-hybridized carbons (Fsp3) is 0.625. The van der Waals surface area contributed by atoms with E-state index in [9.17, 15) is 8.42 Å². The number of hydrogen-bond acceptors (Lipinski definition) is 5. The second-order valence-electron chi connectivity index (χ2n) is 3.28. The topological polar surface area (TPSA) is 73.1 Å². The van der Waals surface area contributed by atoms with Gasteiger partial charge in [0.1, 0.15) is 10.8 Å². The zero-order valence-electron chi connectivity index (χ0n) is 8.01. The van der Waals surface area contributed by atoms with Crippen molar-refractivity contribution in [3.8, 4) is 0 Å². The fourth-order valence-electron chi connectivity index (χ4n) is 0.950. The molecule has 1 heterocycles. The number of thiazole rings is 1. The van der Waals surface area contributed by atoms with E-state index in [1.165, 1.54) is 11.3 Å². The van der Waals surface area contributed by atoms with Crippen molar-refractivity contribution in [1.29, 1.82) is 0 Å². The van der Waals surface area contributed by atoms with Crippen LogP contribution in [-0.2, 0) is 15.6 Å². The molecule has 0 saturated carbocycles.